The number of guanidine groups is 1. The molecule has 0 saturated carbocycles. The predicted molar refractivity (Wildman–Crippen MR) is 140 cm³/mol. The lowest BCUT2D eigenvalue weighted by Crippen LogP contribution is -2.42. The van der Waals surface area contributed by atoms with E-state index in [1.54, 1.807) is 13.2 Å². The summed E-state index contributed by atoms with van der Waals surface area (Å²) >= 11 is 0. The van der Waals surface area contributed by atoms with Gasteiger partial charge in [0.2, 0.25) is 5.91 Å². The topological polar surface area (TPSA) is 95.6 Å². The van der Waals surface area contributed by atoms with Gasteiger partial charge < -0.3 is 21.3 Å². The first-order valence-electron chi connectivity index (χ1n) is 11.4. The van der Waals surface area contributed by atoms with E-state index in [2.05, 4.69) is 45.4 Å². The minimum Gasteiger partial charge on any atom is -0.369 e. The summed E-state index contributed by atoms with van der Waals surface area (Å²) in [7, 11) is 1.80. The summed E-state index contributed by atoms with van der Waals surface area (Å²) in [6.07, 6.45) is 9.96. The van der Waals surface area contributed by atoms with Gasteiger partial charge in [-0.1, -0.05) is 45.6 Å². The van der Waals surface area contributed by atoms with Crippen molar-refractivity contribution in [2.24, 2.45) is 22.6 Å². The van der Waals surface area contributed by atoms with Crippen molar-refractivity contribution in [1.29, 1.82) is 0 Å². The monoisotopic (exact) mass is 544 g/mol. The number of halogens is 1. The number of unbranched alkanes of at least 4 members (excludes halogenated alkanes) is 3. The third-order valence-corrected chi connectivity index (χ3v) is 5.66. The van der Waals surface area contributed by atoms with Crippen LogP contribution in [0.15, 0.2) is 23.3 Å². The van der Waals surface area contributed by atoms with Crippen molar-refractivity contribution in [3.05, 3.63) is 23.9 Å². The Kier molecular flexibility index (Phi) is 13.5. The maximum Gasteiger partial charge on any atom is 0.222 e. The highest BCUT2D eigenvalue weighted by molar-refractivity contribution is 14.0. The lowest BCUT2D eigenvalue weighted by Gasteiger charge is -2.33. The van der Waals surface area contributed by atoms with Gasteiger partial charge in [0, 0.05) is 45.0 Å². The lowest BCUT2D eigenvalue weighted by molar-refractivity contribution is -0.122. The molecule has 1 aliphatic rings. The van der Waals surface area contributed by atoms with E-state index in [1.165, 1.54) is 25.7 Å². The highest BCUT2D eigenvalue weighted by atomic mass is 127. The van der Waals surface area contributed by atoms with Gasteiger partial charge >= 0.3 is 0 Å². The maximum atomic E-state index is 11.6. The largest absolute Gasteiger partial charge is 0.369 e. The fourth-order valence-corrected chi connectivity index (χ4v) is 3.89. The van der Waals surface area contributed by atoms with Crippen LogP contribution in [0.5, 0.6) is 0 Å². The molecular weight excluding hydrogens is 503 g/mol. The van der Waals surface area contributed by atoms with Gasteiger partial charge in [-0.05, 0) is 31.2 Å². The first kappa shape index (κ1) is 27.5. The minimum absolute atomic E-state index is 0. The van der Waals surface area contributed by atoms with E-state index in [0.717, 1.165) is 55.6 Å². The van der Waals surface area contributed by atoms with Crippen molar-refractivity contribution in [1.82, 2.24) is 15.6 Å². The van der Waals surface area contributed by atoms with Crippen molar-refractivity contribution in [3.8, 4) is 0 Å². The summed E-state index contributed by atoms with van der Waals surface area (Å²) in [6.45, 7) is 7.67. The summed E-state index contributed by atoms with van der Waals surface area (Å²) in [5.74, 6) is 2.22. The zero-order valence-electron chi connectivity index (χ0n) is 19.4. The Morgan fingerprint density at radius 1 is 1.29 bits per heavy atom. The Balaban J connectivity index is 0.00000480. The van der Waals surface area contributed by atoms with E-state index in [0.29, 0.717) is 13.1 Å². The molecule has 8 heteroatoms. The molecule has 0 bridgehead atoms. The standard InChI is InChI=1S/C23H40N6O.HI/c1-18(2)10-6-4-5-7-13-27-23(25-3)28-16-19-11-8-14-26-22(19)29-15-9-12-20(17-29)21(24)30;/h8,11,14,18,20H,4-7,9-10,12-13,15-17H2,1-3H3,(H2,24,30)(H2,25,27,28);1H. The number of pyridine rings is 1. The zero-order valence-corrected chi connectivity index (χ0v) is 21.7. The molecule has 1 aromatic rings. The lowest BCUT2D eigenvalue weighted by atomic mass is 9.97. The molecule has 4 N–H and O–H groups in total. The second-order valence-electron chi connectivity index (χ2n) is 8.62. The first-order valence-corrected chi connectivity index (χ1v) is 11.4. The van der Waals surface area contributed by atoms with Crippen molar-refractivity contribution in [3.63, 3.8) is 0 Å². The summed E-state index contributed by atoms with van der Waals surface area (Å²) in [4.78, 5) is 22.7. The van der Waals surface area contributed by atoms with Crippen LogP contribution in [0.25, 0.3) is 0 Å². The van der Waals surface area contributed by atoms with Gasteiger partial charge in [0.05, 0.1) is 5.92 Å². The first-order chi connectivity index (χ1) is 14.5. The van der Waals surface area contributed by atoms with Crippen molar-refractivity contribution < 1.29 is 4.79 Å². The fourth-order valence-electron chi connectivity index (χ4n) is 3.89. The molecule has 1 unspecified atom stereocenters. The number of nitrogens with zero attached hydrogens (tertiary/aromatic N) is 3. The number of carbonyl (C=O) groups is 1. The molecule has 1 atom stereocenters. The SMILES string of the molecule is CN=C(NCCCCCCC(C)C)NCc1cccnc1N1CCCC(C(N)=O)C1.I. The van der Waals surface area contributed by atoms with E-state index in [9.17, 15) is 4.79 Å². The number of aromatic nitrogens is 1. The molecule has 176 valence electrons. The Hall–Kier alpha value is -1.58. The van der Waals surface area contributed by atoms with Gasteiger partial charge in [-0.25, -0.2) is 4.98 Å². The number of hydrogen-bond acceptors (Lipinski definition) is 4. The molecule has 0 aromatic carbocycles. The van der Waals surface area contributed by atoms with E-state index >= 15 is 0 Å². The number of nitrogens with two attached hydrogens (primary N) is 1. The van der Waals surface area contributed by atoms with E-state index in [1.807, 2.05) is 6.07 Å². The molecule has 1 fully saturated rings. The van der Waals surface area contributed by atoms with E-state index < -0.39 is 0 Å². The molecule has 31 heavy (non-hydrogen) atoms. The van der Waals surface area contributed by atoms with E-state index in [-0.39, 0.29) is 35.8 Å². The molecule has 1 aliphatic heterocycles. The van der Waals surface area contributed by atoms with E-state index in [4.69, 9.17) is 5.73 Å². The summed E-state index contributed by atoms with van der Waals surface area (Å²) in [5.41, 5.74) is 6.63. The summed E-state index contributed by atoms with van der Waals surface area (Å²) in [6, 6.07) is 4.02. The second-order valence-corrected chi connectivity index (χ2v) is 8.62. The molecule has 0 spiro atoms. The fraction of sp³-hybridized carbons (Fsp3) is 0.696. The number of nitrogens with one attached hydrogen (secondary N) is 2. The highest BCUT2D eigenvalue weighted by Crippen LogP contribution is 2.24. The highest BCUT2D eigenvalue weighted by Gasteiger charge is 2.25. The Bertz CT molecular complexity index is 682. The second kappa shape index (κ2) is 15.3. The number of aliphatic imine (C=N–C) groups is 1. The van der Waals surface area contributed by atoms with Crippen LogP contribution in [0, 0.1) is 11.8 Å². The zero-order chi connectivity index (χ0) is 21.8. The van der Waals surface area contributed by atoms with Crippen LogP contribution < -0.4 is 21.3 Å². The average Bonchev–Trinajstić information content (AvgIpc) is 2.75. The minimum atomic E-state index is -0.218. The number of rotatable bonds is 11. The third-order valence-electron chi connectivity index (χ3n) is 5.66. The molecule has 0 aliphatic carbocycles. The molecule has 2 rings (SSSR count). The number of piperidine rings is 1. The average molecular weight is 545 g/mol. The van der Waals surface area contributed by atoms with Crippen LogP contribution in [0.1, 0.15) is 64.4 Å². The number of anilines is 1. The molecule has 1 amide bonds. The smallest absolute Gasteiger partial charge is 0.222 e. The Morgan fingerprint density at radius 2 is 2.06 bits per heavy atom. The van der Waals surface area contributed by atoms with Gasteiger partial charge in [-0.2, -0.15) is 0 Å². The van der Waals surface area contributed by atoms with Crippen LogP contribution in [-0.4, -0.2) is 43.5 Å². The molecule has 7 nitrogen and oxygen atoms in total. The molecular formula is C23H41IN6O. The van der Waals surface area contributed by atoms with Crippen LogP contribution in [0.2, 0.25) is 0 Å². The van der Waals surface area contributed by atoms with Crippen LogP contribution in [-0.2, 0) is 11.3 Å². The summed E-state index contributed by atoms with van der Waals surface area (Å²) < 4.78 is 0. The van der Waals surface area contributed by atoms with Crippen molar-refractivity contribution in [2.75, 3.05) is 31.6 Å². The van der Waals surface area contributed by atoms with Gasteiger partial charge in [0.15, 0.2) is 5.96 Å². The predicted octanol–water partition coefficient (Wildman–Crippen LogP) is 3.67. The summed E-state index contributed by atoms with van der Waals surface area (Å²) in [5, 5.41) is 6.80. The van der Waals surface area contributed by atoms with Crippen LogP contribution >= 0.6 is 24.0 Å². The van der Waals surface area contributed by atoms with Crippen molar-refractivity contribution >= 4 is 41.7 Å². The Morgan fingerprint density at radius 3 is 2.77 bits per heavy atom. The number of carbonyl (C=O) groups excluding carboxylic acids is 1. The van der Waals surface area contributed by atoms with Crippen molar-refractivity contribution in [2.45, 2.75) is 65.3 Å². The number of primary amides is 1. The molecule has 0 radical (unpaired) electrons. The van der Waals surface area contributed by atoms with Gasteiger partial charge in [-0.3, -0.25) is 9.79 Å². The van der Waals surface area contributed by atoms with Gasteiger partial charge in [-0.15, -0.1) is 24.0 Å². The molecule has 2 heterocycles. The quantitative estimate of drug-likeness (QED) is 0.171. The Labute approximate surface area is 205 Å². The maximum absolute atomic E-state index is 11.6. The number of hydrogen-bond donors (Lipinski definition) is 3. The number of amides is 1. The van der Waals surface area contributed by atoms with Gasteiger partial charge in [0.1, 0.15) is 5.82 Å². The molecule has 1 saturated heterocycles. The normalized spacial score (nSPS) is 16.7. The third kappa shape index (κ3) is 10.1. The van der Waals surface area contributed by atoms with Crippen LogP contribution in [0.4, 0.5) is 5.82 Å². The molecule has 1 aromatic heterocycles. The van der Waals surface area contributed by atoms with Gasteiger partial charge in [0.25, 0.3) is 0 Å². The van der Waals surface area contributed by atoms with Crippen LogP contribution in [0.3, 0.4) is 0 Å².